The maximum Gasteiger partial charge on any atom is 0.261 e. The van der Waals surface area contributed by atoms with Crippen LogP contribution in [0.4, 0.5) is 10.1 Å². The first kappa shape index (κ1) is 19.2. The largest absolute Gasteiger partial charge is 0.311 e. The molecular formula is C22H23FN4O2S. The number of halogens is 1. The molecule has 3 aromatic rings. The van der Waals surface area contributed by atoms with Gasteiger partial charge in [-0.2, -0.15) is 0 Å². The molecule has 0 bridgehead atoms. The van der Waals surface area contributed by atoms with Gasteiger partial charge in [0.2, 0.25) is 0 Å². The molecule has 2 heterocycles. The summed E-state index contributed by atoms with van der Waals surface area (Å²) in [7, 11) is -3.77. The minimum absolute atomic E-state index is 0.227. The van der Waals surface area contributed by atoms with Crippen LogP contribution in [0.3, 0.4) is 0 Å². The molecule has 30 heavy (non-hydrogen) atoms. The number of aromatic nitrogens is 3. The molecule has 2 aromatic carbocycles. The second-order valence-corrected chi connectivity index (χ2v) is 9.67. The molecule has 6 nitrogen and oxygen atoms in total. The molecule has 0 radical (unpaired) electrons. The predicted octanol–water partition coefficient (Wildman–Crippen LogP) is 4.10. The zero-order valence-corrected chi connectivity index (χ0v) is 17.4. The van der Waals surface area contributed by atoms with Gasteiger partial charge in [-0.15, -0.1) is 10.2 Å². The Balaban J connectivity index is 1.48. The van der Waals surface area contributed by atoms with Crippen molar-refractivity contribution in [3.05, 3.63) is 59.2 Å². The maximum atomic E-state index is 14.7. The number of sulfonamides is 1. The zero-order chi connectivity index (χ0) is 20.7. The average molecular weight is 427 g/mol. The van der Waals surface area contributed by atoms with E-state index >= 15 is 0 Å². The number of hydrogen-bond acceptors (Lipinski definition) is 4. The Morgan fingerprint density at radius 1 is 0.900 bits per heavy atom. The van der Waals surface area contributed by atoms with Crippen LogP contribution in [0.15, 0.2) is 41.3 Å². The van der Waals surface area contributed by atoms with Crippen molar-refractivity contribution < 1.29 is 12.8 Å². The molecule has 1 aliphatic heterocycles. The van der Waals surface area contributed by atoms with Crippen molar-refractivity contribution in [3.8, 4) is 11.4 Å². The molecule has 1 N–H and O–H groups in total. The van der Waals surface area contributed by atoms with Crippen LogP contribution in [0, 0.1) is 5.82 Å². The first-order chi connectivity index (χ1) is 14.5. The highest BCUT2D eigenvalue weighted by molar-refractivity contribution is 7.92. The molecule has 0 unspecified atom stereocenters. The van der Waals surface area contributed by atoms with E-state index in [0.29, 0.717) is 11.5 Å². The monoisotopic (exact) mass is 426 g/mol. The third kappa shape index (κ3) is 3.49. The van der Waals surface area contributed by atoms with E-state index in [1.165, 1.54) is 23.8 Å². The fourth-order valence-corrected chi connectivity index (χ4v) is 5.47. The summed E-state index contributed by atoms with van der Waals surface area (Å²) in [6.07, 6.45) is 6.90. The van der Waals surface area contributed by atoms with Gasteiger partial charge in [0, 0.05) is 18.7 Å². The highest BCUT2D eigenvalue weighted by Crippen LogP contribution is 2.29. The van der Waals surface area contributed by atoms with E-state index in [2.05, 4.69) is 14.9 Å². The molecule has 0 atom stereocenters. The van der Waals surface area contributed by atoms with Crippen molar-refractivity contribution in [2.24, 2.45) is 0 Å². The van der Waals surface area contributed by atoms with E-state index in [1.807, 2.05) is 10.6 Å². The minimum atomic E-state index is -3.77. The molecule has 0 saturated carbocycles. The van der Waals surface area contributed by atoms with E-state index < -0.39 is 15.8 Å². The molecule has 1 aliphatic carbocycles. The van der Waals surface area contributed by atoms with Gasteiger partial charge in [-0.3, -0.25) is 4.72 Å². The molecule has 8 heteroatoms. The van der Waals surface area contributed by atoms with Crippen molar-refractivity contribution in [1.29, 1.82) is 0 Å². The minimum Gasteiger partial charge on any atom is -0.311 e. The standard InChI is InChI=1S/C22H23FN4O2S/c23-20-11-9-17(14-19(20)22-25-24-21-7-2-1-3-12-27(21)22)26-30(28,29)18-10-8-15-5-4-6-16(15)13-18/h8-11,13-14,26H,1-7,12H2. The summed E-state index contributed by atoms with van der Waals surface area (Å²) >= 11 is 0. The van der Waals surface area contributed by atoms with Gasteiger partial charge in [0.15, 0.2) is 5.82 Å². The molecule has 1 aromatic heterocycles. The van der Waals surface area contributed by atoms with E-state index in [9.17, 15) is 12.8 Å². The Kier molecular flexibility index (Phi) is 4.81. The number of nitrogens with one attached hydrogen (secondary N) is 1. The third-order valence-electron chi connectivity index (χ3n) is 5.95. The second-order valence-electron chi connectivity index (χ2n) is 7.99. The van der Waals surface area contributed by atoms with Crippen molar-refractivity contribution in [2.45, 2.75) is 56.4 Å². The van der Waals surface area contributed by atoms with Crippen LogP contribution < -0.4 is 4.72 Å². The number of hydrogen-bond donors (Lipinski definition) is 1. The summed E-state index contributed by atoms with van der Waals surface area (Å²) in [4.78, 5) is 0.227. The van der Waals surface area contributed by atoms with Gasteiger partial charge in [0.1, 0.15) is 11.6 Å². The summed E-state index contributed by atoms with van der Waals surface area (Å²) in [6, 6.07) is 9.47. The Hall–Kier alpha value is -2.74. The Labute approximate surface area is 175 Å². The van der Waals surface area contributed by atoms with Crippen LogP contribution in [-0.4, -0.2) is 23.2 Å². The van der Waals surface area contributed by atoms with Crippen LogP contribution in [0.25, 0.3) is 11.4 Å². The van der Waals surface area contributed by atoms with Gasteiger partial charge in [-0.1, -0.05) is 12.5 Å². The normalized spacial score (nSPS) is 16.0. The van der Waals surface area contributed by atoms with Crippen LogP contribution >= 0.6 is 0 Å². The van der Waals surface area contributed by atoms with Gasteiger partial charge in [0.05, 0.1) is 10.5 Å². The number of rotatable bonds is 4. The van der Waals surface area contributed by atoms with Crippen molar-refractivity contribution in [1.82, 2.24) is 14.8 Å². The predicted molar refractivity (Wildman–Crippen MR) is 112 cm³/mol. The lowest BCUT2D eigenvalue weighted by molar-refractivity contribution is 0.600. The number of benzene rings is 2. The van der Waals surface area contributed by atoms with Crippen LogP contribution in [0.2, 0.25) is 0 Å². The van der Waals surface area contributed by atoms with Gasteiger partial charge in [-0.25, -0.2) is 12.8 Å². The van der Waals surface area contributed by atoms with Gasteiger partial charge >= 0.3 is 0 Å². The molecule has 0 saturated heterocycles. The molecular weight excluding hydrogens is 403 g/mol. The second kappa shape index (κ2) is 7.50. The Morgan fingerprint density at radius 2 is 1.77 bits per heavy atom. The molecule has 2 aliphatic rings. The lowest BCUT2D eigenvalue weighted by atomic mass is 10.1. The first-order valence-corrected chi connectivity index (χ1v) is 11.9. The maximum absolute atomic E-state index is 14.7. The number of aryl methyl sites for hydroxylation is 3. The lowest BCUT2D eigenvalue weighted by Crippen LogP contribution is -2.13. The van der Waals surface area contributed by atoms with Crippen molar-refractivity contribution in [3.63, 3.8) is 0 Å². The smallest absolute Gasteiger partial charge is 0.261 e. The number of anilines is 1. The van der Waals surface area contributed by atoms with E-state index in [-0.39, 0.29) is 10.5 Å². The molecule has 156 valence electrons. The van der Waals surface area contributed by atoms with Crippen molar-refractivity contribution >= 4 is 15.7 Å². The van der Waals surface area contributed by atoms with E-state index in [0.717, 1.165) is 62.9 Å². The highest BCUT2D eigenvalue weighted by atomic mass is 32.2. The van der Waals surface area contributed by atoms with Gasteiger partial charge in [-0.05, 0) is 73.6 Å². The fourth-order valence-electron chi connectivity index (χ4n) is 4.37. The molecule has 0 spiro atoms. The molecule has 5 rings (SSSR count). The first-order valence-electron chi connectivity index (χ1n) is 10.4. The SMILES string of the molecule is O=S(=O)(Nc1ccc(F)c(-c2nnc3n2CCCCC3)c1)c1ccc2c(c1)CCC2. The zero-order valence-electron chi connectivity index (χ0n) is 16.6. The Morgan fingerprint density at radius 3 is 2.67 bits per heavy atom. The third-order valence-corrected chi connectivity index (χ3v) is 7.33. The Bertz CT molecular complexity index is 1220. The highest BCUT2D eigenvalue weighted by Gasteiger charge is 2.22. The summed E-state index contributed by atoms with van der Waals surface area (Å²) < 4.78 is 45.0. The summed E-state index contributed by atoms with van der Waals surface area (Å²) in [5.41, 5.74) is 2.86. The van der Waals surface area contributed by atoms with Gasteiger partial charge in [0.25, 0.3) is 10.0 Å². The van der Waals surface area contributed by atoms with Crippen LogP contribution in [0.5, 0.6) is 0 Å². The van der Waals surface area contributed by atoms with Crippen LogP contribution in [-0.2, 0) is 35.8 Å². The van der Waals surface area contributed by atoms with E-state index in [1.54, 1.807) is 12.1 Å². The summed E-state index contributed by atoms with van der Waals surface area (Å²) in [5.74, 6) is 0.851. The number of fused-ring (bicyclic) bond motifs is 2. The van der Waals surface area contributed by atoms with E-state index in [4.69, 9.17) is 0 Å². The molecule has 0 amide bonds. The average Bonchev–Trinajstić information content (AvgIpc) is 3.29. The quantitative estimate of drug-likeness (QED) is 0.681. The van der Waals surface area contributed by atoms with Gasteiger partial charge < -0.3 is 4.57 Å². The summed E-state index contributed by atoms with van der Waals surface area (Å²) in [6.45, 7) is 0.738. The molecule has 0 fully saturated rings. The fraction of sp³-hybridized carbons (Fsp3) is 0.364. The summed E-state index contributed by atoms with van der Waals surface area (Å²) in [5, 5.41) is 8.43. The topological polar surface area (TPSA) is 76.9 Å². The lowest BCUT2D eigenvalue weighted by Gasteiger charge is -2.12. The van der Waals surface area contributed by atoms with Crippen molar-refractivity contribution in [2.75, 3.05) is 4.72 Å². The van der Waals surface area contributed by atoms with Crippen LogP contribution in [0.1, 0.15) is 42.6 Å². The number of nitrogens with zero attached hydrogens (tertiary/aromatic N) is 3.